The van der Waals surface area contributed by atoms with Gasteiger partial charge in [-0.05, 0) is 37.5 Å². The summed E-state index contributed by atoms with van der Waals surface area (Å²) in [5, 5.41) is 0. The first-order chi connectivity index (χ1) is 6.86. The van der Waals surface area contributed by atoms with E-state index in [0.717, 1.165) is 5.82 Å². The average molecular weight is 192 g/mol. The van der Waals surface area contributed by atoms with Gasteiger partial charge in [0.25, 0.3) is 0 Å². The molecule has 1 aliphatic heterocycles. The highest BCUT2D eigenvalue weighted by atomic mass is 15.2. The summed E-state index contributed by atoms with van der Waals surface area (Å²) >= 11 is 0. The van der Waals surface area contributed by atoms with Crippen molar-refractivity contribution < 1.29 is 0 Å². The highest BCUT2D eigenvalue weighted by Gasteiger charge is 2.12. The maximum atomic E-state index is 4.35. The lowest BCUT2D eigenvalue weighted by Crippen LogP contribution is -2.18. The molecule has 2 nitrogen and oxygen atoms in total. The molecule has 0 radical (unpaired) electrons. The molecule has 0 aromatic carbocycles. The average Bonchev–Trinajstić information content (AvgIpc) is 2.74. The van der Waals surface area contributed by atoms with Gasteiger partial charge in [-0.3, -0.25) is 0 Å². The molecule has 1 aromatic heterocycles. The van der Waals surface area contributed by atoms with E-state index in [1.54, 1.807) is 0 Å². The van der Waals surface area contributed by atoms with Crippen molar-refractivity contribution in [2.24, 2.45) is 0 Å². The molecular weight excluding hydrogens is 172 g/mol. The zero-order valence-electron chi connectivity index (χ0n) is 9.45. The molecule has 2 heteroatoms. The SMILES string of the molecule is CC.Cc1ccnc(N2CCCC2)c1. The Morgan fingerprint density at radius 1 is 1.21 bits per heavy atom. The van der Waals surface area contributed by atoms with Crippen molar-refractivity contribution in [2.75, 3.05) is 18.0 Å². The number of aryl methyl sites for hydroxylation is 1. The van der Waals surface area contributed by atoms with Gasteiger partial charge in [-0.2, -0.15) is 0 Å². The molecule has 14 heavy (non-hydrogen) atoms. The van der Waals surface area contributed by atoms with Crippen molar-refractivity contribution >= 4 is 5.82 Å². The number of nitrogens with zero attached hydrogens (tertiary/aromatic N) is 2. The number of hydrogen-bond donors (Lipinski definition) is 0. The summed E-state index contributed by atoms with van der Waals surface area (Å²) in [5.41, 5.74) is 1.30. The van der Waals surface area contributed by atoms with Crippen LogP contribution in [0.5, 0.6) is 0 Å². The number of rotatable bonds is 1. The van der Waals surface area contributed by atoms with E-state index in [2.05, 4.69) is 22.9 Å². The molecule has 0 saturated carbocycles. The monoisotopic (exact) mass is 192 g/mol. The molecule has 0 unspecified atom stereocenters. The Morgan fingerprint density at radius 3 is 2.43 bits per heavy atom. The lowest BCUT2D eigenvalue weighted by molar-refractivity contribution is 0.935. The summed E-state index contributed by atoms with van der Waals surface area (Å²) in [5.74, 6) is 1.15. The Labute approximate surface area is 87.0 Å². The second kappa shape index (κ2) is 5.63. The summed E-state index contributed by atoms with van der Waals surface area (Å²) < 4.78 is 0. The first-order valence-electron chi connectivity index (χ1n) is 5.54. The molecule has 1 aromatic rings. The lowest BCUT2D eigenvalue weighted by Gasteiger charge is -2.15. The van der Waals surface area contributed by atoms with E-state index in [1.807, 2.05) is 26.1 Å². The van der Waals surface area contributed by atoms with Crippen LogP contribution in [0.1, 0.15) is 32.3 Å². The normalized spacial score (nSPS) is 14.9. The van der Waals surface area contributed by atoms with E-state index in [9.17, 15) is 0 Å². The molecule has 2 heterocycles. The van der Waals surface area contributed by atoms with Crippen molar-refractivity contribution in [3.05, 3.63) is 23.9 Å². The van der Waals surface area contributed by atoms with Crippen LogP contribution in [0.15, 0.2) is 18.3 Å². The van der Waals surface area contributed by atoms with Crippen molar-refractivity contribution in [3.8, 4) is 0 Å². The Morgan fingerprint density at radius 2 is 1.86 bits per heavy atom. The van der Waals surface area contributed by atoms with E-state index < -0.39 is 0 Å². The lowest BCUT2D eigenvalue weighted by atomic mass is 10.3. The van der Waals surface area contributed by atoms with Crippen LogP contribution >= 0.6 is 0 Å². The van der Waals surface area contributed by atoms with Gasteiger partial charge in [0, 0.05) is 19.3 Å². The van der Waals surface area contributed by atoms with Crippen molar-refractivity contribution in [3.63, 3.8) is 0 Å². The summed E-state index contributed by atoms with van der Waals surface area (Å²) in [6.07, 6.45) is 4.52. The van der Waals surface area contributed by atoms with Crippen LogP contribution in [0.25, 0.3) is 0 Å². The second-order valence-corrected chi connectivity index (χ2v) is 3.39. The highest BCUT2D eigenvalue weighted by molar-refractivity contribution is 5.41. The van der Waals surface area contributed by atoms with Gasteiger partial charge in [0.1, 0.15) is 5.82 Å². The van der Waals surface area contributed by atoms with E-state index in [0.29, 0.717) is 0 Å². The predicted molar refractivity (Wildman–Crippen MR) is 61.8 cm³/mol. The molecule has 1 aliphatic rings. The molecule has 0 aliphatic carbocycles. The van der Waals surface area contributed by atoms with E-state index in [4.69, 9.17) is 0 Å². The zero-order valence-corrected chi connectivity index (χ0v) is 9.45. The maximum Gasteiger partial charge on any atom is 0.128 e. The number of pyridine rings is 1. The zero-order chi connectivity index (χ0) is 10.4. The largest absolute Gasteiger partial charge is 0.357 e. The fourth-order valence-electron chi connectivity index (χ4n) is 1.64. The highest BCUT2D eigenvalue weighted by Crippen LogP contribution is 2.17. The molecule has 2 rings (SSSR count). The number of aromatic nitrogens is 1. The van der Waals surface area contributed by atoms with Gasteiger partial charge in [-0.25, -0.2) is 4.98 Å². The fraction of sp³-hybridized carbons (Fsp3) is 0.583. The molecule has 0 atom stereocenters. The van der Waals surface area contributed by atoms with Crippen molar-refractivity contribution in [2.45, 2.75) is 33.6 Å². The van der Waals surface area contributed by atoms with Crippen LogP contribution in [0.4, 0.5) is 5.82 Å². The number of anilines is 1. The number of hydrogen-bond acceptors (Lipinski definition) is 2. The van der Waals surface area contributed by atoms with E-state index in [1.165, 1.54) is 31.5 Å². The molecular formula is C12H20N2. The van der Waals surface area contributed by atoms with Gasteiger partial charge in [0.15, 0.2) is 0 Å². The molecule has 0 amide bonds. The fourth-order valence-corrected chi connectivity index (χ4v) is 1.64. The van der Waals surface area contributed by atoms with Crippen LogP contribution in [0.2, 0.25) is 0 Å². The minimum atomic E-state index is 1.15. The van der Waals surface area contributed by atoms with Gasteiger partial charge in [0.2, 0.25) is 0 Å². The van der Waals surface area contributed by atoms with Gasteiger partial charge < -0.3 is 4.90 Å². The molecule has 0 spiro atoms. The van der Waals surface area contributed by atoms with Gasteiger partial charge in [-0.1, -0.05) is 13.8 Å². The summed E-state index contributed by atoms with van der Waals surface area (Å²) in [4.78, 5) is 6.70. The minimum absolute atomic E-state index is 1.15. The molecule has 0 bridgehead atoms. The smallest absolute Gasteiger partial charge is 0.128 e. The summed E-state index contributed by atoms with van der Waals surface area (Å²) in [6.45, 7) is 8.47. The van der Waals surface area contributed by atoms with Gasteiger partial charge in [0.05, 0.1) is 0 Å². The first-order valence-corrected chi connectivity index (χ1v) is 5.54. The third-order valence-electron chi connectivity index (χ3n) is 2.33. The molecule has 78 valence electrons. The van der Waals surface area contributed by atoms with Crippen LogP contribution in [-0.4, -0.2) is 18.1 Å². The van der Waals surface area contributed by atoms with E-state index in [-0.39, 0.29) is 0 Å². The minimum Gasteiger partial charge on any atom is -0.357 e. The van der Waals surface area contributed by atoms with Crippen molar-refractivity contribution in [1.82, 2.24) is 4.98 Å². The van der Waals surface area contributed by atoms with Crippen molar-refractivity contribution in [1.29, 1.82) is 0 Å². The quantitative estimate of drug-likeness (QED) is 0.680. The van der Waals surface area contributed by atoms with Crippen LogP contribution in [-0.2, 0) is 0 Å². The second-order valence-electron chi connectivity index (χ2n) is 3.39. The van der Waals surface area contributed by atoms with Crippen LogP contribution in [0.3, 0.4) is 0 Å². The van der Waals surface area contributed by atoms with Gasteiger partial charge >= 0.3 is 0 Å². The Hall–Kier alpha value is -1.05. The first kappa shape index (κ1) is 11.0. The molecule has 1 saturated heterocycles. The summed E-state index contributed by atoms with van der Waals surface area (Å²) in [6, 6.07) is 4.20. The Kier molecular flexibility index (Phi) is 4.44. The maximum absolute atomic E-state index is 4.35. The standard InChI is InChI=1S/C10H14N2.C2H6/c1-9-4-5-11-10(8-9)12-6-2-3-7-12;1-2/h4-5,8H,2-3,6-7H2,1H3;1-2H3. The Bertz CT molecular complexity index is 265. The molecule has 1 fully saturated rings. The van der Waals surface area contributed by atoms with E-state index >= 15 is 0 Å². The van der Waals surface area contributed by atoms with Crippen LogP contribution in [0, 0.1) is 6.92 Å². The Balaban J connectivity index is 0.000000461. The topological polar surface area (TPSA) is 16.1 Å². The third kappa shape index (κ3) is 2.72. The summed E-state index contributed by atoms with van der Waals surface area (Å²) in [7, 11) is 0. The van der Waals surface area contributed by atoms with Crippen LogP contribution < -0.4 is 4.90 Å². The predicted octanol–water partition coefficient (Wildman–Crippen LogP) is 3.02. The van der Waals surface area contributed by atoms with Gasteiger partial charge in [-0.15, -0.1) is 0 Å². The third-order valence-corrected chi connectivity index (χ3v) is 2.33. The molecule has 0 N–H and O–H groups in total.